The van der Waals surface area contributed by atoms with Crippen molar-refractivity contribution in [3.05, 3.63) is 83.2 Å². The van der Waals surface area contributed by atoms with Crippen LogP contribution >= 0.6 is 0 Å². The van der Waals surface area contributed by atoms with Crippen molar-refractivity contribution in [3.8, 4) is 0 Å². The molecule has 0 aliphatic rings. The fourth-order valence-electron chi connectivity index (χ4n) is 2.30. The Bertz CT molecular complexity index is 935. The molecule has 0 bridgehead atoms. The summed E-state index contributed by atoms with van der Waals surface area (Å²) in [6.45, 7) is 0. The number of rotatable bonds is 4. The van der Waals surface area contributed by atoms with Crippen molar-refractivity contribution in [1.29, 1.82) is 0 Å². The fourth-order valence-corrected chi connectivity index (χ4v) is 2.30. The molecule has 0 radical (unpaired) electrons. The molecule has 0 saturated carbocycles. The van der Waals surface area contributed by atoms with E-state index in [4.69, 9.17) is 0 Å². The molecule has 3 aromatic rings. The first-order chi connectivity index (χ1) is 12.4. The minimum atomic E-state index is -4.83. The van der Waals surface area contributed by atoms with E-state index in [9.17, 15) is 22.8 Å². The number of alkyl halides is 3. The summed E-state index contributed by atoms with van der Waals surface area (Å²) in [6.07, 6.45) is -4.83. The molecule has 1 aromatic heterocycles. The highest BCUT2D eigenvalue weighted by atomic mass is 19.4. The zero-order valence-electron chi connectivity index (χ0n) is 13.2. The van der Waals surface area contributed by atoms with Crippen LogP contribution in [0.3, 0.4) is 0 Å². The zero-order chi connectivity index (χ0) is 18.7. The summed E-state index contributed by atoms with van der Waals surface area (Å²) in [7, 11) is 0. The fraction of sp³-hybridized carbons (Fsp3) is 0.0556. The lowest BCUT2D eigenvalue weighted by molar-refractivity contribution is -0.141. The third kappa shape index (κ3) is 3.64. The van der Waals surface area contributed by atoms with Gasteiger partial charge < -0.3 is 4.98 Å². The number of aromatic nitrogens is 2. The molecule has 0 unspecified atom stereocenters. The number of aromatic amines is 1. The molecule has 0 aliphatic heterocycles. The lowest BCUT2D eigenvalue weighted by Crippen LogP contribution is -2.14. The maximum atomic E-state index is 13.3. The summed E-state index contributed by atoms with van der Waals surface area (Å²) in [4.78, 5) is 30.1. The largest absolute Gasteiger partial charge is 0.433 e. The number of carbonyl (C=O) groups is 2. The second-order valence-corrected chi connectivity index (χ2v) is 5.32. The van der Waals surface area contributed by atoms with Crippen LogP contribution in [0.1, 0.15) is 32.1 Å². The third-order valence-corrected chi connectivity index (χ3v) is 3.51. The average Bonchev–Trinajstić information content (AvgIpc) is 3.07. The van der Waals surface area contributed by atoms with Gasteiger partial charge in [0.1, 0.15) is 5.69 Å². The summed E-state index contributed by atoms with van der Waals surface area (Å²) in [6, 6.07) is 15.4. The number of hydrogen-bond acceptors (Lipinski definition) is 3. The highest BCUT2D eigenvalue weighted by molar-refractivity contribution is 6.09. The molecule has 2 N–H and O–H groups in total. The van der Waals surface area contributed by atoms with Gasteiger partial charge in [-0.05, 0) is 12.1 Å². The zero-order valence-corrected chi connectivity index (χ0v) is 13.2. The maximum Gasteiger partial charge on any atom is 0.433 e. The Balaban J connectivity index is 1.95. The molecule has 1 amide bonds. The Hall–Kier alpha value is -3.42. The van der Waals surface area contributed by atoms with Crippen molar-refractivity contribution in [2.45, 2.75) is 6.18 Å². The number of benzene rings is 2. The van der Waals surface area contributed by atoms with Crippen molar-refractivity contribution in [2.24, 2.45) is 0 Å². The maximum absolute atomic E-state index is 13.3. The monoisotopic (exact) mass is 359 g/mol. The number of ketones is 1. The normalized spacial score (nSPS) is 11.2. The second-order valence-electron chi connectivity index (χ2n) is 5.32. The van der Waals surface area contributed by atoms with Gasteiger partial charge in [0.25, 0.3) is 5.91 Å². The molecule has 3 rings (SSSR count). The van der Waals surface area contributed by atoms with Gasteiger partial charge in [0.2, 0.25) is 11.7 Å². The molecule has 0 aliphatic carbocycles. The van der Waals surface area contributed by atoms with E-state index < -0.39 is 35.2 Å². The van der Waals surface area contributed by atoms with Crippen molar-refractivity contribution in [2.75, 3.05) is 5.32 Å². The molecule has 132 valence electrons. The van der Waals surface area contributed by atoms with Crippen LogP contribution in [0.2, 0.25) is 0 Å². The van der Waals surface area contributed by atoms with E-state index in [1.165, 1.54) is 36.4 Å². The number of imidazole rings is 1. The van der Waals surface area contributed by atoms with Gasteiger partial charge in [-0.3, -0.25) is 14.9 Å². The number of halogens is 3. The van der Waals surface area contributed by atoms with Gasteiger partial charge in [-0.15, -0.1) is 0 Å². The first-order valence-electron chi connectivity index (χ1n) is 7.49. The van der Waals surface area contributed by atoms with Crippen LogP contribution in [0.5, 0.6) is 0 Å². The molecule has 0 saturated heterocycles. The predicted octanol–water partition coefficient (Wildman–Crippen LogP) is 3.91. The highest BCUT2D eigenvalue weighted by Gasteiger charge is 2.39. The number of nitrogens with one attached hydrogen (secondary N) is 2. The summed E-state index contributed by atoms with van der Waals surface area (Å²) >= 11 is 0. The Morgan fingerprint density at radius 3 is 1.96 bits per heavy atom. The number of anilines is 1. The summed E-state index contributed by atoms with van der Waals surface area (Å²) in [5, 5.41) is 2.24. The quantitative estimate of drug-likeness (QED) is 0.694. The molecule has 5 nitrogen and oxygen atoms in total. The van der Waals surface area contributed by atoms with Crippen LogP contribution in [-0.2, 0) is 6.18 Å². The lowest BCUT2D eigenvalue weighted by Gasteiger charge is -2.05. The van der Waals surface area contributed by atoms with E-state index in [2.05, 4.69) is 10.3 Å². The molecule has 2 aromatic carbocycles. The first-order valence-corrected chi connectivity index (χ1v) is 7.49. The van der Waals surface area contributed by atoms with Crippen LogP contribution in [-0.4, -0.2) is 21.7 Å². The van der Waals surface area contributed by atoms with E-state index in [1.54, 1.807) is 24.3 Å². The number of hydrogen-bond donors (Lipinski definition) is 2. The van der Waals surface area contributed by atoms with Crippen LogP contribution in [0.25, 0.3) is 0 Å². The van der Waals surface area contributed by atoms with Crippen LogP contribution in [0.4, 0.5) is 19.1 Å². The minimum absolute atomic E-state index is 0.0606. The molecule has 1 heterocycles. The Morgan fingerprint density at radius 2 is 1.42 bits per heavy atom. The highest BCUT2D eigenvalue weighted by Crippen LogP contribution is 2.32. The Labute approximate surface area is 145 Å². The molecule has 0 fully saturated rings. The van der Waals surface area contributed by atoms with E-state index >= 15 is 0 Å². The van der Waals surface area contributed by atoms with Gasteiger partial charge in [0.15, 0.2) is 5.69 Å². The Morgan fingerprint density at radius 1 is 0.885 bits per heavy atom. The molecule has 8 heteroatoms. The number of amides is 1. The topological polar surface area (TPSA) is 74.8 Å². The van der Waals surface area contributed by atoms with Gasteiger partial charge in [0.05, 0.1) is 0 Å². The molecule has 0 spiro atoms. The van der Waals surface area contributed by atoms with Gasteiger partial charge in [-0.2, -0.15) is 13.2 Å². The van der Waals surface area contributed by atoms with Gasteiger partial charge in [-0.1, -0.05) is 48.5 Å². The SMILES string of the molecule is O=C(Nc1nc(C(=O)c2ccccc2)c(C(F)(F)F)[nH]1)c1ccccc1. The summed E-state index contributed by atoms with van der Waals surface area (Å²) in [5.41, 5.74) is -1.80. The van der Waals surface area contributed by atoms with Crippen molar-refractivity contribution < 1.29 is 22.8 Å². The van der Waals surface area contributed by atoms with Gasteiger partial charge in [-0.25, -0.2) is 4.98 Å². The Kier molecular flexibility index (Phi) is 4.57. The minimum Gasteiger partial charge on any atom is -0.320 e. The molecular formula is C18H12F3N3O2. The summed E-state index contributed by atoms with van der Waals surface area (Å²) in [5.74, 6) is -1.99. The first kappa shape index (κ1) is 17.4. The van der Waals surface area contributed by atoms with E-state index in [0.29, 0.717) is 0 Å². The number of H-pyrrole nitrogens is 1. The van der Waals surface area contributed by atoms with E-state index in [0.717, 1.165) is 0 Å². The molecule has 26 heavy (non-hydrogen) atoms. The van der Waals surface area contributed by atoms with Crippen LogP contribution in [0, 0.1) is 0 Å². The molecular weight excluding hydrogens is 347 g/mol. The summed E-state index contributed by atoms with van der Waals surface area (Å²) < 4.78 is 39.8. The van der Waals surface area contributed by atoms with E-state index in [1.807, 2.05) is 4.98 Å². The molecule has 0 atom stereocenters. The standard InChI is InChI=1S/C18H12F3N3O2/c19-18(20,21)15-13(14(25)11-7-3-1-4-8-11)22-17(23-15)24-16(26)12-9-5-2-6-10-12/h1-10H,(H2,22,23,24,26). The number of carbonyl (C=O) groups excluding carboxylic acids is 2. The lowest BCUT2D eigenvalue weighted by atomic mass is 10.1. The van der Waals surface area contributed by atoms with Gasteiger partial charge in [0, 0.05) is 11.1 Å². The smallest absolute Gasteiger partial charge is 0.320 e. The van der Waals surface area contributed by atoms with E-state index in [-0.39, 0.29) is 11.1 Å². The van der Waals surface area contributed by atoms with Crippen LogP contribution in [0.15, 0.2) is 60.7 Å². The third-order valence-electron chi connectivity index (χ3n) is 3.51. The number of nitrogens with zero attached hydrogens (tertiary/aromatic N) is 1. The average molecular weight is 359 g/mol. The van der Waals surface area contributed by atoms with Crippen molar-refractivity contribution in [3.63, 3.8) is 0 Å². The second kappa shape index (κ2) is 6.83. The van der Waals surface area contributed by atoms with Gasteiger partial charge >= 0.3 is 6.18 Å². The van der Waals surface area contributed by atoms with Crippen LogP contribution < -0.4 is 5.32 Å². The van der Waals surface area contributed by atoms with Crippen molar-refractivity contribution >= 4 is 17.6 Å². The predicted molar refractivity (Wildman–Crippen MR) is 87.9 cm³/mol. The van der Waals surface area contributed by atoms with Crippen molar-refractivity contribution in [1.82, 2.24) is 9.97 Å².